The molecule has 4 rings (SSSR count). The lowest BCUT2D eigenvalue weighted by Crippen LogP contribution is -2.55. The van der Waals surface area contributed by atoms with Gasteiger partial charge in [0.05, 0.1) is 0 Å². The summed E-state index contributed by atoms with van der Waals surface area (Å²) < 4.78 is 24.1. The number of hydrogen-bond acceptors (Lipinski definition) is 12. The highest BCUT2D eigenvalue weighted by molar-refractivity contribution is 5.94. The lowest BCUT2D eigenvalue weighted by atomic mass is 9.86. The number of amides is 4. The van der Waals surface area contributed by atoms with Crippen LogP contribution >= 0.6 is 0 Å². The average molecular weight is 1070 g/mol. The van der Waals surface area contributed by atoms with E-state index in [4.69, 9.17) is 18.9 Å². The van der Waals surface area contributed by atoms with Gasteiger partial charge in [-0.2, -0.15) is 0 Å². The van der Waals surface area contributed by atoms with E-state index in [0.717, 1.165) is 16.2 Å². The van der Waals surface area contributed by atoms with Crippen molar-refractivity contribution in [2.75, 3.05) is 28.2 Å². The SMILES string of the molecule is CC(C)C[C@H]1C(=O)O[C@H](Cc2ccc(CC3CCCCCCC3)cc2)C(=O)N(C)[C@@H](CC(C)C)C(=O)O[C@H](C)C(=O)N(C)[C@@H](CC(C)C)C(=O)O[C@H](Cc2ccccc2)C(=O)N(C)[C@@H](CC(C)C)C(=O)OC(C)C(=O)N1C. The molecule has 1 saturated heterocycles. The molecule has 2 fully saturated rings. The Morgan fingerprint density at radius 3 is 1.01 bits per heavy atom. The number of ether oxygens (including phenoxy) is 4. The zero-order chi connectivity index (χ0) is 57.3. The number of nitrogens with zero attached hydrogens (tertiary/aromatic N) is 4. The molecule has 0 N–H and O–H groups in total. The highest BCUT2D eigenvalue weighted by Gasteiger charge is 2.43. The van der Waals surface area contributed by atoms with E-state index in [1.165, 1.54) is 102 Å². The molecular weight excluding hydrogens is 981 g/mol. The number of benzene rings is 2. The van der Waals surface area contributed by atoms with Crippen molar-refractivity contribution in [2.24, 2.45) is 29.6 Å². The van der Waals surface area contributed by atoms with Gasteiger partial charge in [0, 0.05) is 41.0 Å². The van der Waals surface area contributed by atoms with Crippen molar-refractivity contribution in [2.45, 2.75) is 208 Å². The number of cyclic esters (lactones) is 4. The van der Waals surface area contributed by atoms with E-state index in [1.54, 1.807) is 30.3 Å². The van der Waals surface area contributed by atoms with E-state index >= 15 is 4.79 Å². The largest absolute Gasteiger partial charge is 0.451 e. The fraction of sp³-hybridized carbons (Fsp3) is 0.672. The molecule has 428 valence electrons. The predicted molar refractivity (Wildman–Crippen MR) is 295 cm³/mol. The summed E-state index contributed by atoms with van der Waals surface area (Å²) in [6, 6.07) is 11.9. The molecule has 2 aliphatic rings. The van der Waals surface area contributed by atoms with Crippen molar-refractivity contribution in [3.8, 4) is 0 Å². The van der Waals surface area contributed by atoms with E-state index in [0.29, 0.717) is 17.0 Å². The standard InChI is InChI=1S/C61H92N4O12/c1-38(2)31-48-58(70)74-43(10)55(67)63(12)51(34-41(7)8)61(73)77-53(37-47-29-27-46(28-30-47)35-44-23-19-16-15-17-20-24-44)57(69)65(14)49(32-39(3)4)59(71)75-42(9)54(66)62(11)50(33-40(5)6)60(72)76-52(56(68)64(48)13)36-45-25-21-18-22-26-45/h18,21-22,25-30,38-44,48-53H,15-17,19-20,23-24,31-37H2,1-14H3/t42-,43?,48+,49+,50+,51+,52-,53-/m1/s1. The Morgan fingerprint density at radius 2 is 0.675 bits per heavy atom. The van der Waals surface area contributed by atoms with Crippen LogP contribution in [0.15, 0.2) is 54.6 Å². The summed E-state index contributed by atoms with van der Waals surface area (Å²) in [5, 5.41) is 0. The van der Waals surface area contributed by atoms with Crippen LogP contribution in [-0.2, 0) is 76.6 Å². The quantitative estimate of drug-likeness (QED) is 0.130. The van der Waals surface area contributed by atoms with Crippen molar-refractivity contribution >= 4 is 47.5 Å². The molecule has 0 aromatic heterocycles. The van der Waals surface area contributed by atoms with Crippen LogP contribution in [0.1, 0.15) is 157 Å². The summed E-state index contributed by atoms with van der Waals surface area (Å²) in [7, 11) is 5.65. The molecule has 8 atom stereocenters. The summed E-state index contributed by atoms with van der Waals surface area (Å²) >= 11 is 0. The van der Waals surface area contributed by atoms with E-state index in [1.807, 2.05) is 79.7 Å². The number of likely N-dealkylation sites (N-methyl/N-ethyl adjacent to an activating group) is 4. The van der Waals surface area contributed by atoms with Gasteiger partial charge in [0.1, 0.15) is 24.2 Å². The monoisotopic (exact) mass is 1070 g/mol. The van der Waals surface area contributed by atoms with Crippen LogP contribution in [0.4, 0.5) is 0 Å². The first kappa shape index (κ1) is 63.7. The minimum absolute atomic E-state index is 0.0646. The van der Waals surface area contributed by atoms with Gasteiger partial charge in [-0.15, -0.1) is 0 Å². The molecule has 4 amide bonds. The van der Waals surface area contributed by atoms with E-state index in [2.05, 4.69) is 0 Å². The fourth-order valence-corrected chi connectivity index (χ4v) is 10.4. The Bertz CT molecular complexity index is 2240. The molecule has 77 heavy (non-hydrogen) atoms. The second kappa shape index (κ2) is 30.4. The third-order valence-electron chi connectivity index (χ3n) is 14.9. The molecule has 16 nitrogen and oxygen atoms in total. The average Bonchev–Trinajstić information content (AvgIpc) is 3.36. The zero-order valence-electron chi connectivity index (χ0n) is 48.8. The number of rotatable bonds is 14. The molecule has 1 saturated carbocycles. The van der Waals surface area contributed by atoms with Crippen LogP contribution in [0.2, 0.25) is 0 Å². The minimum Gasteiger partial charge on any atom is -0.451 e. The maximum absolute atomic E-state index is 15.0. The van der Waals surface area contributed by atoms with Gasteiger partial charge >= 0.3 is 23.9 Å². The molecule has 0 radical (unpaired) electrons. The highest BCUT2D eigenvalue weighted by atomic mass is 16.6. The number of esters is 4. The number of carbonyl (C=O) groups is 8. The van der Waals surface area contributed by atoms with Gasteiger partial charge < -0.3 is 38.5 Å². The Hall–Kier alpha value is -5.80. The normalized spacial score (nSPS) is 25.4. The molecule has 0 bridgehead atoms. The summed E-state index contributed by atoms with van der Waals surface area (Å²) in [6.07, 6.45) is 3.99. The van der Waals surface area contributed by atoms with Gasteiger partial charge in [-0.25, -0.2) is 19.2 Å². The molecule has 1 heterocycles. The van der Waals surface area contributed by atoms with Gasteiger partial charge in [-0.05, 0) is 92.2 Å². The van der Waals surface area contributed by atoms with Gasteiger partial charge in [0.2, 0.25) is 0 Å². The molecular formula is C61H92N4O12. The van der Waals surface area contributed by atoms with Gasteiger partial charge in [0.15, 0.2) is 24.4 Å². The van der Waals surface area contributed by atoms with E-state index in [-0.39, 0.29) is 62.2 Å². The van der Waals surface area contributed by atoms with Crippen LogP contribution in [0.5, 0.6) is 0 Å². The molecule has 16 heteroatoms. The molecule has 1 aliphatic carbocycles. The molecule has 0 spiro atoms. The van der Waals surface area contributed by atoms with Gasteiger partial charge in [-0.3, -0.25) is 19.2 Å². The molecule has 2 aromatic rings. The van der Waals surface area contributed by atoms with Crippen molar-refractivity contribution in [1.29, 1.82) is 0 Å². The van der Waals surface area contributed by atoms with Crippen LogP contribution in [-0.4, -0.2) is 144 Å². The third kappa shape index (κ3) is 19.3. The van der Waals surface area contributed by atoms with Crippen LogP contribution in [0, 0.1) is 29.6 Å². The Kier molecular flexibility index (Phi) is 25.1. The Labute approximate surface area is 459 Å². The molecule has 2 aromatic carbocycles. The highest BCUT2D eigenvalue weighted by Crippen LogP contribution is 2.28. The van der Waals surface area contributed by atoms with E-state index < -0.39 is 96.1 Å². The maximum atomic E-state index is 15.0. The number of carbonyl (C=O) groups excluding carboxylic acids is 8. The van der Waals surface area contributed by atoms with Gasteiger partial charge in [-0.1, -0.05) is 155 Å². The number of hydrogen-bond donors (Lipinski definition) is 0. The second-order valence-corrected chi connectivity index (χ2v) is 23.5. The summed E-state index contributed by atoms with van der Waals surface area (Å²) in [5.74, 6) is -6.47. The summed E-state index contributed by atoms with van der Waals surface area (Å²) in [4.78, 5) is 121. The fourth-order valence-electron chi connectivity index (χ4n) is 10.4. The summed E-state index contributed by atoms with van der Waals surface area (Å²) in [5.41, 5.74) is 2.53. The lowest BCUT2D eigenvalue weighted by Gasteiger charge is -2.35. The first-order valence-electron chi connectivity index (χ1n) is 28.3. The first-order valence-corrected chi connectivity index (χ1v) is 28.3. The Balaban J connectivity index is 1.84. The topological polar surface area (TPSA) is 186 Å². The zero-order valence-corrected chi connectivity index (χ0v) is 48.8. The van der Waals surface area contributed by atoms with Crippen LogP contribution in [0.3, 0.4) is 0 Å². The van der Waals surface area contributed by atoms with Crippen molar-refractivity contribution in [1.82, 2.24) is 19.6 Å². The van der Waals surface area contributed by atoms with Gasteiger partial charge in [0.25, 0.3) is 23.6 Å². The molecule has 1 aliphatic heterocycles. The van der Waals surface area contributed by atoms with E-state index in [9.17, 15) is 33.6 Å². The predicted octanol–water partition coefficient (Wildman–Crippen LogP) is 8.57. The minimum atomic E-state index is -1.48. The van der Waals surface area contributed by atoms with Crippen molar-refractivity contribution in [3.05, 3.63) is 71.3 Å². The van der Waals surface area contributed by atoms with Crippen molar-refractivity contribution in [3.63, 3.8) is 0 Å². The lowest BCUT2D eigenvalue weighted by molar-refractivity contribution is -0.176. The van der Waals surface area contributed by atoms with Crippen LogP contribution in [0.25, 0.3) is 0 Å². The summed E-state index contributed by atoms with van der Waals surface area (Å²) in [6.45, 7) is 17.7. The van der Waals surface area contributed by atoms with Crippen LogP contribution < -0.4 is 0 Å². The second-order valence-electron chi connectivity index (χ2n) is 23.5. The third-order valence-corrected chi connectivity index (χ3v) is 14.9. The smallest absolute Gasteiger partial charge is 0.329 e. The van der Waals surface area contributed by atoms with Crippen molar-refractivity contribution < 1.29 is 57.3 Å². The first-order chi connectivity index (χ1) is 36.3. The maximum Gasteiger partial charge on any atom is 0.329 e. The Morgan fingerprint density at radius 1 is 0.390 bits per heavy atom. The molecule has 1 unspecified atom stereocenters.